The highest BCUT2D eigenvalue weighted by Crippen LogP contribution is 2.38. The molecular weight excluding hydrogens is 650 g/mol. The molecule has 46 heavy (non-hydrogen) atoms. The number of carbonyl (C=O) groups excluding carboxylic acids is 2. The Morgan fingerprint density at radius 3 is 2.70 bits per heavy atom. The summed E-state index contributed by atoms with van der Waals surface area (Å²) in [6.07, 6.45) is 0.334. The van der Waals surface area contributed by atoms with Gasteiger partial charge < -0.3 is 25.7 Å². The summed E-state index contributed by atoms with van der Waals surface area (Å²) in [6, 6.07) is 7.05. The Labute approximate surface area is 270 Å². The number of carbonyl (C=O) groups is 2. The number of nitrogens with zero attached hydrogens (tertiary/aromatic N) is 5. The number of ether oxygens (including phenoxy) is 1. The molecule has 3 heterocycles. The van der Waals surface area contributed by atoms with E-state index in [1.165, 1.54) is 30.3 Å². The van der Waals surface area contributed by atoms with Crippen LogP contribution in [0.2, 0.25) is 10.2 Å². The number of methoxy groups -OCH3 is 1. The van der Waals surface area contributed by atoms with E-state index in [0.717, 1.165) is 0 Å². The molecule has 0 aliphatic carbocycles. The molecule has 4 N–H and O–H groups in total. The van der Waals surface area contributed by atoms with Crippen LogP contribution in [0.15, 0.2) is 48.8 Å². The molecule has 2 atom stereocenters. The lowest BCUT2D eigenvalue weighted by Gasteiger charge is -2.25. The highest BCUT2D eigenvalue weighted by Gasteiger charge is 2.40. The Morgan fingerprint density at radius 2 is 1.96 bits per heavy atom. The number of halogens is 5. The van der Waals surface area contributed by atoms with Crippen LogP contribution in [-0.4, -0.2) is 67.9 Å². The van der Waals surface area contributed by atoms with Crippen LogP contribution in [0.5, 0.6) is 0 Å². The third-order valence-electron chi connectivity index (χ3n) is 7.22. The van der Waals surface area contributed by atoms with Crippen molar-refractivity contribution in [3.05, 3.63) is 70.4 Å². The van der Waals surface area contributed by atoms with Crippen LogP contribution in [0.3, 0.4) is 0 Å². The molecule has 0 fully saturated rings. The van der Waals surface area contributed by atoms with Crippen molar-refractivity contribution in [3.8, 4) is 16.9 Å². The number of H-pyrrole nitrogens is 1. The SMILES string of the molecule is COC(=O)CNc1ccc2c(c1)N[C@H](C(F)(F)F)CCCC[C@H](NC(=O)/C=C/c1cc(Cl)ccc1-n1cnnn1)c1nc-2c(Cl)[nH]1. The van der Waals surface area contributed by atoms with Crippen molar-refractivity contribution in [3.63, 3.8) is 0 Å². The maximum atomic E-state index is 14.1. The maximum absolute atomic E-state index is 14.1. The van der Waals surface area contributed by atoms with Crippen LogP contribution in [0, 0.1) is 0 Å². The van der Waals surface area contributed by atoms with Crippen molar-refractivity contribution < 1.29 is 27.5 Å². The molecule has 5 rings (SSSR count). The van der Waals surface area contributed by atoms with Gasteiger partial charge in [0, 0.05) is 33.6 Å². The molecule has 4 aromatic rings. The fourth-order valence-corrected chi connectivity index (χ4v) is 5.36. The van der Waals surface area contributed by atoms with Gasteiger partial charge in [-0.05, 0) is 65.7 Å². The van der Waals surface area contributed by atoms with Gasteiger partial charge in [-0.15, -0.1) is 5.10 Å². The predicted molar refractivity (Wildman–Crippen MR) is 166 cm³/mol. The zero-order valence-electron chi connectivity index (χ0n) is 24.2. The highest BCUT2D eigenvalue weighted by molar-refractivity contribution is 6.32. The van der Waals surface area contributed by atoms with Crippen LogP contribution < -0.4 is 16.0 Å². The Balaban J connectivity index is 1.44. The first-order valence-electron chi connectivity index (χ1n) is 14.1. The number of fused-ring (bicyclic) bond motifs is 4. The normalized spacial score (nSPS) is 16.9. The number of aromatic amines is 1. The van der Waals surface area contributed by atoms with Gasteiger partial charge in [0.1, 0.15) is 35.6 Å². The summed E-state index contributed by atoms with van der Waals surface area (Å²) >= 11 is 12.7. The van der Waals surface area contributed by atoms with Gasteiger partial charge in [0.2, 0.25) is 5.91 Å². The molecule has 242 valence electrons. The Bertz CT molecular complexity index is 1730. The van der Waals surface area contributed by atoms with Crippen molar-refractivity contribution in [1.82, 2.24) is 35.5 Å². The monoisotopic (exact) mass is 677 g/mol. The van der Waals surface area contributed by atoms with E-state index >= 15 is 0 Å². The molecule has 1 amide bonds. The molecule has 2 aromatic carbocycles. The number of amides is 1. The van der Waals surface area contributed by atoms with Gasteiger partial charge in [-0.2, -0.15) is 17.9 Å². The lowest BCUT2D eigenvalue weighted by atomic mass is 10.0. The number of tetrazole rings is 1. The number of esters is 1. The second-order valence-electron chi connectivity index (χ2n) is 10.3. The van der Waals surface area contributed by atoms with E-state index in [2.05, 4.69) is 46.2 Å². The lowest BCUT2D eigenvalue weighted by molar-refractivity contribution is -0.144. The molecule has 0 saturated heterocycles. The first-order valence-corrected chi connectivity index (χ1v) is 14.8. The number of nitrogens with one attached hydrogen (secondary N) is 4. The fraction of sp³-hybridized carbons (Fsp3) is 0.310. The third-order valence-corrected chi connectivity index (χ3v) is 7.73. The van der Waals surface area contributed by atoms with E-state index < -0.39 is 30.1 Å². The minimum Gasteiger partial charge on any atom is -0.468 e. The molecule has 0 radical (unpaired) electrons. The summed E-state index contributed by atoms with van der Waals surface area (Å²) in [7, 11) is 1.23. The minimum absolute atomic E-state index is 0.0796. The Kier molecular flexibility index (Phi) is 10.1. The van der Waals surface area contributed by atoms with E-state index in [1.54, 1.807) is 36.4 Å². The van der Waals surface area contributed by atoms with Gasteiger partial charge >= 0.3 is 12.1 Å². The summed E-state index contributed by atoms with van der Waals surface area (Å²) in [5.74, 6) is -0.687. The summed E-state index contributed by atoms with van der Waals surface area (Å²) in [5, 5.41) is 20.0. The Hall–Kier alpha value is -4.63. The standard InChI is InChI=1S/C29H28Cl2F3N9O3/c1-46-25(45)14-35-18-8-9-19-21(13-18)37-23(29(32,33)34)5-3-2-4-20(28-39-26(19)27(31)40-28)38-24(44)11-6-16-12-17(30)7-10-22(16)43-15-36-41-42-43/h6-13,15,20,23,35,37H,2-5,14H2,1H3,(H,38,44)(H,39,40)/b11-6+/t20-,23-/m0/s1. The average molecular weight is 679 g/mol. The fourth-order valence-electron chi connectivity index (χ4n) is 4.94. The number of alkyl halides is 3. The second-order valence-corrected chi connectivity index (χ2v) is 11.2. The van der Waals surface area contributed by atoms with Crippen LogP contribution in [0.4, 0.5) is 24.5 Å². The number of benzene rings is 2. The molecule has 0 saturated carbocycles. The zero-order chi connectivity index (χ0) is 32.8. The zero-order valence-corrected chi connectivity index (χ0v) is 25.7. The second kappa shape index (κ2) is 14.2. The topological polar surface area (TPSA) is 152 Å². The van der Waals surface area contributed by atoms with Gasteiger partial charge in [0.25, 0.3) is 0 Å². The number of hydrogen-bond donors (Lipinski definition) is 4. The van der Waals surface area contributed by atoms with Gasteiger partial charge in [-0.25, -0.2) is 4.98 Å². The van der Waals surface area contributed by atoms with Crippen molar-refractivity contribution in [2.45, 2.75) is 43.9 Å². The van der Waals surface area contributed by atoms with Gasteiger partial charge in [-0.3, -0.25) is 9.59 Å². The first-order chi connectivity index (χ1) is 22.0. The quantitative estimate of drug-likeness (QED) is 0.142. The van der Waals surface area contributed by atoms with Gasteiger partial charge in [0.15, 0.2) is 0 Å². The largest absolute Gasteiger partial charge is 0.468 e. The van der Waals surface area contributed by atoms with E-state index in [-0.39, 0.29) is 35.9 Å². The van der Waals surface area contributed by atoms with Crippen LogP contribution >= 0.6 is 23.2 Å². The Morgan fingerprint density at radius 1 is 1.15 bits per heavy atom. The molecule has 17 heteroatoms. The number of aromatic nitrogens is 6. The summed E-state index contributed by atoms with van der Waals surface area (Å²) in [4.78, 5) is 32.4. The number of imidazole rings is 1. The van der Waals surface area contributed by atoms with E-state index in [0.29, 0.717) is 46.2 Å². The summed E-state index contributed by atoms with van der Waals surface area (Å²) in [6.45, 7) is -0.183. The van der Waals surface area contributed by atoms with Crippen molar-refractivity contribution in [1.29, 1.82) is 0 Å². The molecule has 2 bridgehead atoms. The number of hydrogen-bond acceptors (Lipinski definition) is 9. The van der Waals surface area contributed by atoms with Gasteiger partial charge in [0.05, 0.1) is 18.8 Å². The molecular formula is C29H28Cl2F3N9O3. The van der Waals surface area contributed by atoms with Crippen molar-refractivity contribution in [2.24, 2.45) is 0 Å². The number of rotatable bonds is 7. The highest BCUT2D eigenvalue weighted by atomic mass is 35.5. The lowest BCUT2D eigenvalue weighted by Crippen LogP contribution is -2.36. The predicted octanol–water partition coefficient (Wildman–Crippen LogP) is 5.73. The molecule has 1 aliphatic rings. The van der Waals surface area contributed by atoms with Crippen molar-refractivity contribution >= 4 is 52.5 Å². The smallest absolute Gasteiger partial charge is 0.408 e. The molecule has 2 aromatic heterocycles. The third kappa shape index (κ3) is 7.95. The minimum atomic E-state index is -4.56. The summed E-state index contributed by atoms with van der Waals surface area (Å²) in [5.41, 5.74) is 2.14. The molecule has 12 nitrogen and oxygen atoms in total. The van der Waals surface area contributed by atoms with Crippen LogP contribution in [0.1, 0.15) is 43.1 Å². The van der Waals surface area contributed by atoms with Crippen LogP contribution in [0.25, 0.3) is 23.0 Å². The van der Waals surface area contributed by atoms with Gasteiger partial charge in [-0.1, -0.05) is 36.0 Å². The van der Waals surface area contributed by atoms with Crippen LogP contribution in [-0.2, 0) is 14.3 Å². The molecule has 0 spiro atoms. The van der Waals surface area contributed by atoms with Crippen molar-refractivity contribution in [2.75, 3.05) is 24.3 Å². The van der Waals surface area contributed by atoms with E-state index in [4.69, 9.17) is 23.2 Å². The van der Waals surface area contributed by atoms with E-state index in [9.17, 15) is 22.8 Å². The average Bonchev–Trinajstić information content (AvgIpc) is 3.69. The maximum Gasteiger partial charge on any atom is 0.408 e. The molecule has 0 unspecified atom stereocenters. The summed E-state index contributed by atoms with van der Waals surface area (Å²) < 4.78 is 48.5. The molecule has 1 aliphatic heterocycles. The first kappa shape index (κ1) is 32.8. The van der Waals surface area contributed by atoms with E-state index in [1.807, 2.05) is 0 Å². The number of anilines is 2.